The fraction of sp³-hybridized carbons (Fsp3) is 0.600. The molecule has 27 heavy (non-hydrogen) atoms. The van der Waals surface area contributed by atoms with Gasteiger partial charge in [-0.3, -0.25) is 19.4 Å². The number of methoxy groups -OCH3 is 1. The van der Waals surface area contributed by atoms with Gasteiger partial charge in [-0.1, -0.05) is 6.07 Å². The standard InChI is InChI=1S/C20H30N4O3/c1-14-4-7-18(27-3)17(12-14)22-19(25)13-23-8-10-24(11-9-23)15(2)20(26)21-16-5-6-16/h4,7,12,15-16H,5-6,8-11,13H2,1-3H3,(H,21,26)(H,22,25). The zero-order valence-electron chi connectivity index (χ0n) is 16.5. The maximum atomic E-state index is 12.4. The lowest BCUT2D eigenvalue weighted by Crippen LogP contribution is -2.55. The van der Waals surface area contributed by atoms with E-state index in [0.717, 1.165) is 44.6 Å². The number of nitrogens with zero attached hydrogens (tertiary/aromatic N) is 2. The average molecular weight is 374 g/mol. The number of aryl methyl sites for hydroxylation is 1. The molecule has 3 rings (SSSR count). The van der Waals surface area contributed by atoms with Crippen molar-refractivity contribution in [1.29, 1.82) is 0 Å². The van der Waals surface area contributed by atoms with Crippen LogP contribution in [0.25, 0.3) is 0 Å². The number of nitrogens with one attached hydrogen (secondary N) is 2. The van der Waals surface area contributed by atoms with Crippen LogP contribution >= 0.6 is 0 Å². The van der Waals surface area contributed by atoms with Gasteiger partial charge in [0.1, 0.15) is 5.75 Å². The fourth-order valence-corrected chi connectivity index (χ4v) is 3.34. The number of hydrogen-bond donors (Lipinski definition) is 2. The highest BCUT2D eigenvalue weighted by molar-refractivity contribution is 5.93. The van der Waals surface area contributed by atoms with Crippen molar-refractivity contribution >= 4 is 17.5 Å². The zero-order chi connectivity index (χ0) is 19.4. The molecule has 0 bridgehead atoms. The Balaban J connectivity index is 1.45. The summed E-state index contributed by atoms with van der Waals surface area (Å²) in [5.41, 5.74) is 1.77. The van der Waals surface area contributed by atoms with Crippen molar-refractivity contribution in [3.8, 4) is 5.75 Å². The molecule has 2 amide bonds. The third-order valence-electron chi connectivity index (χ3n) is 5.25. The third kappa shape index (κ3) is 5.43. The van der Waals surface area contributed by atoms with Gasteiger partial charge in [0.15, 0.2) is 0 Å². The predicted molar refractivity (Wildman–Crippen MR) is 105 cm³/mol. The van der Waals surface area contributed by atoms with Crippen molar-refractivity contribution in [2.75, 3.05) is 45.2 Å². The van der Waals surface area contributed by atoms with Gasteiger partial charge < -0.3 is 15.4 Å². The maximum Gasteiger partial charge on any atom is 0.238 e. The summed E-state index contributed by atoms with van der Waals surface area (Å²) in [5.74, 6) is 0.733. The molecule has 1 saturated heterocycles. The van der Waals surface area contributed by atoms with Crippen molar-refractivity contribution in [1.82, 2.24) is 15.1 Å². The van der Waals surface area contributed by atoms with Crippen molar-refractivity contribution < 1.29 is 14.3 Å². The van der Waals surface area contributed by atoms with Crippen LogP contribution in [0.1, 0.15) is 25.3 Å². The summed E-state index contributed by atoms with van der Waals surface area (Å²) >= 11 is 0. The van der Waals surface area contributed by atoms with Gasteiger partial charge >= 0.3 is 0 Å². The molecule has 2 aliphatic rings. The largest absolute Gasteiger partial charge is 0.495 e. The highest BCUT2D eigenvalue weighted by Crippen LogP contribution is 2.25. The zero-order valence-corrected chi connectivity index (χ0v) is 16.5. The van der Waals surface area contributed by atoms with Gasteiger partial charge in [0.25, 0.3) is 0 Å². The van der Waals surface area contributed by atoms with Crippen LogP contribution in [0, 0.1) is 6.92 Å². The Morgan fingerprint density at radius 2 is 1.93 bits per heavy atom. The summed E-state index contributed by atoms with van der Waals surface area (Å²) in [6.45, 7) is 7.42. The van der Waals surface area contributed by atoms with Gasteiger partial charge in [-0.05, 0) is 44.4 Å². The van der Waals surface area contributed by atoms with Crippen LogP contribution in [-0.2, 0) is 9.59 Å². The second-order valence-corrected chi connectivity index (χ2v) is 7.52. The lowest BCUT2D eigenvalue weighted by Gasteiger charge is -2.37. The van der Waals surface area contributed by atoms with Gasteiger partial charge in [0.05, 0.1) is 25.4 Å². The topological polar surface area (TPSA) is 73.9 Å². The second kappa shape index (κ2) is 8.71. The molecule has 1 unspecified atom stereocenters. The van der Waals surface area contributed by atoms with E-state index >= 15 is 0 Å². The quantitative estimate of drug-likeness (QED) is 0.751. The fourth-order valence-electron chi connectivity index (χ4n) is 3.34. The SMILES string of the molecule is COc1ccc(C)cc1NC(=O)CN1CCN(C(C)C(=O)NC2CC2)CC1. The van der Waals surface area contributed by atoms with E-state index in [-0.39, 0.29) is 17.9 Å². The van der Waals surface area contributed by atoms with Crippen LogP contribution < -0.4 is 15.4 Å². The first-order chi connectivity index (χ1) is 13.0. The monoisotopic (exact) mass is 374 g/mol. The number of benzene rings is 1. The van der Waals surface area contributed by atoms with Crippen molar-refractivity contribution in [3.63, 3.8) is 0 Å². The highest BCUT2D eigenvalue weighted by atomic mass is 16.5. The number of amides is 2. The molecule has 1 aromatic carbocycles. The molecule has 1 aliphatic carbocycles. The first kappa shape index (κ1) is 19.6. The molecule has 148 valence electrons. The van der Waals surface area contributed by atoms with Crippen LogP contribution in [0.5, 0.6) is 5.75 Å². The van der Waals surface area contributed by atoms with Crippen molar-refractivity contribution in [2.45, 2.75) is 38.8 Å². The Bertz CT molecular complexity index is 682. The van der Waals surface area contributed by atoms with E-state index in [9.17, 15) is 9.59 Å². The number of carbonyl (C=O) groups is 2. The molecule has 0 radical (unpaired) electrons. The Morgan fingerprint density at radius 3 is 2.56 bits per heavy atom. The summed E-state index contributed by atoms with van der Waals surface area (Å²) in [6.07, 6.45) is 2.21. The molecule has 7 nitrogen and oxygen atoms in total. The average Bonchev–Trinajstić information content (AvgIpc) is 3.46. The smallest absolute Gasteiger partial charge is 0.238 e. The third-order valence-corrected chi connectivity index (χ3v) is 5.25. The lowest BCUT2D eigenvalue weighted by molar-refractivity contribution is -0.127. The summed E-state index contributed by atoms with van der Waals surface area (Å²) in [6, 6.07) is 6.00. The first-order valence-electron chi connectivity index (χ1n) is 9.67. The lowest BCUT2D eigenvalue weighted by atomic mass is 10.2. The van der Waals surface area contributed by atoms with Crippen LogP contribution in [0.2, 0.25) is 0 Å². The number of piperazine rings is 1. The van der Waals surface area contributed by atoms with E-state index in [2.05, 4.69) is 20.4 Å². The van der Waals surface area contributed by atoms with Gasteiger partial charge in [0, 0.05) is 32.2 Å². The molecule has 7 heteroatoms. The second-order valence-electron chi connectivity index (χ2n) is 7.52. The summed E-state index contributed by atoms with van der Waals surface area (Å²) in [4.78, 5) is 28.9. The van der Waals surface area contributed by atoms with E-state index in [1.54, 1.807) is 7.11 Å². The van der Waals surface area contributed by atoms with Crippen molar-refractivity contribution in [2.24, 2.45) is 0 Å². The van der Waals surface area contributed by atoms with Gasteiger partial charge in [-0.2, -0.15) is 0 Å². The van der Waals surface area contributed by atoms with Crippen LogP contribution in [0.3, 0.4) is 0 Å². The van der Waals surface area contributed by atoms with E-state index in [0.29, 0.717) is 24.0 Å². The van der Waals surface area contributed by atoms with Gasteiger partial charge in [0.2, 0.25) is 11.8 Å². The first-order valence-corrected chi connectivity index (χ1v) is 9.67. The van der Waals surface area contributed by atoms with E-state index < -0.39 is 0 Å². The molecule has 1 aromatic rings. The molecule has 0 spiro atoms. The summed E-state index contributed by atoms with van der Waals surface area (Å²) in [7, 11) is 1.60. The molecular formula is C20H30N4O3. The Labute approximate surface area is 161 Å². The van der Waals surface area contributed by atoms with E-state index in [1.807, 2.05) is 32.0 Å². The number of rotatable bonds is 7. The Morgan fingerprint density at radius 1 is 1.22 bits per heavy atom. The van der Waals surface area contributed by atoms with E-state index in [1.165, 1.54) is 0 Å². The molecule has 1 heterocycles. The molecular weight excluding hydrogens is 344 g/mol. The number of hydrogen-bond acceptors (Lipinski definition) is 5. The molecule has 2 N–H and O–H groups in total. The molecule has 0 aromatic heterocycles. The number of ether oxygens (including phenoxy) is 1. The summed E-state index contributed by atoms with van der Waals surface area (Å²) in [5, 5.41) is 6.01. The maximum absolute atomic E-state index is 12.4. The molecule has 1 atom stereocenters. The Kier molecular flexibility index (Phi) is 6.34. The van der Waals surface area contributed by atoms with E-state index in [4.69, 9.17) is 4.74 Å². The number of carbonyl (C=O) groups excluding carboxylic acids is 2. The Hall–Kier alpha value is -2.12. The van der Waals surface area contributed by atoms with Crippen LogP contribution in [0.4, 0.5) is 5.69 Å². The number of anilines is 1. The summed E-state index contributed by atoms with van der Waals surface area (Å²) < 4.78 is 5.31. The normalized spacial score (nSPS) is 19.4. The highest BCUT2D eigenvalue weighted by Gasteiger charge is 2.30. The van der Waals surface area contributed by atoms with Crippen LogP contribution in [0.15, 0.2) is 18.2 Å². The van der Waals surface area contributed by atoms with Crippen LogP contribution in [-0.4, -0.2) is 73.5 Å². The van der Waals surface area contributed by atoms with Crippen molar-refractivity contribution in [3.05, 3.63) is 23.8 Å². The molecule has 1 aliphatic heterocycles. The predicted octanol–water partition coefficient (Wildman–Crippen LogP) is 1.23. The minimum atomic E-state index is -0.113. The van der Waals surface area contributed by atoms with Gasteiger partial charge in [-0.25, -0.2) is 0 Å². The minimum Gasteiger partial charge on any atom is -0.495 e. The minimum absolute atomic E-state index is 0.0492. The molecule has 1 saturated carbocycles. The molecule has 2 fully saturated rings. The van der Waals surface area contributed by atoms with Gasteiger partial charge in [-0.15, -0.1) is 0 Å².